The molecule has 0 saturated heterocycles. The van der Waals surface area contributed by atoms with E-state index in [1.54, 1.807) is 0 Å². The van der Waals surface area contributed by atoms with Gasteiger partial charge in [0.25, 0.3) is 0 Å². The smallest absolute Gasteiger partial charge is 0.372 e. The van der Waals surface area contributed by atoms with Crippen molar-refractivity contribution in [1.29, 1.82) is 0 Å². The van der Waals surface area contributed by atoms with E-state index in [1.807, 2.05) is 0 Å². The predicted octanol–water partition coefficient (Wildman–Crippen LogP) is 3.49. The van der Waals surface area contributed by atoms with Gasteiger partial charge in [0, 0.05) is 6.04 Å². The van der Waals surface area contributed by atoms with Gasteiger partial charge in [-0.2, -0.15) is 13.2 Å². The molecule has 0 aromatic heterocycles. The second-order valence-electron chi connectivity index (χ2n) is 4.99. The average molecular weight is 273 g/mol. The number of benzene rings is 1. The minimum Gasteiger partial charge on any atom is -0.372 e. The quantitative estimate of drug-likeness (QED) is 0.915. The molecule has 1 aromatic rings. The normalized spacial score (nSPS) is 24.4. The molecule has 2 unspecified atom stereocenters. The van der Waals surface area contributed by atoms with Gasteiger partial charge in [-0.15, -0.1) is 0 Å². The summed E-state index contributed by atoms with van der Waals surface area (Å²) >= 11 is 0. The van der Waals surface area contributed by atoms with E-state index in [4.69, 9.17) is 10.5 Å². The highest BCUT2D eigenvalue weighted by Gasteiger charge is 2.30. The molecule has 2 N–H and O–H groups in total. The molecule has 0 spiro atoms. The Bertz CT molecular complexity index is 402. The average Bonchev–Trinajstić information content (AvgIpc) is 2.37. The first kappa shape index (κ1) is 14.3. The van der Waals surface area contributed by atoms with Crippen molar-refractivity contribution in [3.05, 3.63) is 35.4 Å². The maximum Gasteiger partial charge on any atom is 0.416 e. The van der Waals surface area contributed by atoms with Crippen LogP contribution in [0.2, 0.25) is 0 Å². The maximum atomic E-state index is 12.4. The Hall–Kier alpha value is -1.07. The number of rotatable bonds is 3. The lowest BCUT2D eigenvalue weighted by Gasteiger charge is -2.28. The SMILES string of the molecule is NC1CCCCC1OCc1ccc(C(F)(F)F)cc1. The van der Waals surface area contributed by atoms with Crippen LogP contribution in [0.25, 0.3) is 0 Å². The molecule has 1 aliphatic rings. The van der Waals surface area contributed by atoms with E-state index in [-0.39, 0.29) is 12.1 Å². The lowest BCUT2D eigenvalue weighted by Crippen LogP contribution is -2.39. The molecule has 0 heterocycles. The highest BCUT2D eigenvalue weighted by Crippen LogP contribution is 2.29. The lowest BCUT2D eigenvalue weighted by molar-refractivity contribution is -0.137. The monoisotopic (exact) mass is 273 g/mol. The summed E-state index contributed by atoms with van der Waals surface area (Å²) < 4.78 is 42.9. The van der Waals surface area contributed by atoms with Gasteiger partial charge in [-0.1, -0.05) is 25.0 Å². The number of ether oxygens (including phenoxy) is 1. The lowest BCUT2D eigenvalue weighted by atomic mass is 9.93. The van der Waals surface area contributed by atoms with E-state index in [1.165, 1.54) is 12.1 Å². The van der Waals surface area contributed by atoms with Crippen LogP contribution in [0.5, 0.6) is 0 Å². The minimum absolute atomic E-state index is 0.0241. The molecule has 2 rings (SSSR count). The first-order chi connectivity index (χ1) is 8.97. The molecular weight excluding hydrogens is 255 g/mol. The van der Waals surface area contributed by atoms with Crippen molar-refractivity contribution in [3.63, 3.8) is 0 Å². The molecule has 1 saturated carbocycles. The topological polar surface area (TPSA) is 35.2 Å². The zero-order valence-electron chi connectivity index (χ0n) is 10.6. The Morgan fingerprint density at radius 3 is 2.32 bits per heavy atom. The largest absolute Gasteiger partial charge is 0.416 e. The van der Waals surface area contributed by atoms with Crippen LogP contribution >= 0.6 is 0 Å². The number of hydrogen-bond acceptors (Lipinski definition) is 2. The van der Waals surface area contributed by atoms with Crippen molar-refractivity contribution in [2.45, 2.75) is 50.6 Å². The van der Waals surface area contributed by atoms with Gasteiger partial charge in [0.2, 0.25) is 0 Å². The van der Waals surface area contributed by atoms with Gasteiger partial charge >= 0.3 is 6.18 Å². The number of hydrogen-bond donors (Lipinski definition) is 1. The number of halogens is 3. The molecule has 5 heteroatoms. The van der Waals surface area contributed by atoms with Crippen LogP contribution in [-0.2, 0) is 17.5 Å². The first-order valence-corrected chi connectivity index (χ1v) is 6.50. The molecule has 106 valence electrons. The van der Waals surface area contributed by atoms with Gasteiger partial charge in [-0.05, 0) is 30.5 Å². The molecule has 2 atom stereocenters. The molecule has 0 bridgehead atoms. The van der Waals surface area contributed by atoms with Crippen LogP contribution < -0.4 is 5.73 Å². The third kappa shape index (κ3) is 3.94. The number of nitrogens with two attached hydrogens (primary N) is 1. The van der Waals surface area contributed by atoms with Crippen molar-refractivity contribution < 1.29 is 17.9 Å². The molecule has 0 radical (unpaired) electrons. The Balaban J connectivity index is 1.89. The maximum absolute atomic E-state index is 12.4. The standard InChI is InChI=1S/C14H18F3NO/c15-14(16,17)11-7-5-10(6-8-11)9-19-13-4-2-1-3-12(13)18/h5-8,12-13H,1-4,9,18H2. The van der Waals surface area contributed by atoms with E-state index >= 15 is 0 Å². The second-order valence-corrected chi connectivity index (χ2v) is 4.99. The van der Waals surface area contributed by atoms with Gasteiger partial charge in [-0.25, -0.2) is 0 Å². The Labute approximate surface area is 110 Å². The zero-order chi connectivity index (χ0) is 13.9. The Morgan fingerprint density at radius 2 is 1.74 bits per heavy atom. The van der Waals surface area contributed by atoms with Crippen molar-refractivity contribution in [2.24, 2.45) is 5.73 Å². The van der Waals surface area contributed by atoms with E-state index in [0.717, 1.165) is 43.4 Å². The van der Waals surface area contributed by atoms with E-state index in [9.17, 15) is 13.2 Å². The Morgan fingerprint density at radius 1 is 1.11 bits per heavy atom. The summed E-state index contributed by atoms with van der Waals surface area (Å²) in [4.78, 5) is 0. The summed E-state index contributed by atoms with van der Waals surface area (Å²) in [7, 11) is 0. The highest BCUT2D eigenvalue weighted by atomic mass is 19.4. The predicted molar refractivity (Wildman–Crippen MR) is 66.5 cm³/mol. The van der Waals surface area contributed by atoms with E-state index in [0.29, 0.717) is 6.61 Å². The Kier molecular flexibility index (Phi) is 4.47. The fourth-order valence-corrected chi connectivity index (χ4v) is 2.33. The van der Waals surface area contributed by atoms with Crippen LogP contribution in [-0.4, -0.2) is 12.1 Å². The van der Waals surface area contributed by atoms with Crippen molar-refractivity contribution >= 4 is 0 Å². The van der Waals surface area contributed by atoms with Crippen molar-refractivity contribution in [1.82, 2.24) is 0 Å². The van der Waals surface area contributed by atoms with Crippen LogP contribution in [0.4, 0.5) is 13.2 Å². The molecule has 0 aliphatic heterocycles. The van der Waals surface area contributed by atoms with Gasteiger partial charge in [0.05, 0.1) is 18.3 Å². The van der Waals surface area contributed by atoms with Gasteiger partial charge in [0.1, 0.15) is 0 Å². The zero-order valence-corrected chi connectivity index (χ0v) is 10.6. The minimum atomic E-state index is -4.29. The molecule has 0 amide bonds. The van der Waals surface area contributed by atoms with E-state index < -0.39 is 11.7 Å². The molecule has 2 nitrogen and oxygen atoms in total. The van der Waals surface area contributed by atoms with Crippen LogP contribution in [0.3, 0.4) is 0 Å². The van der Waals surface area contributed by atoms with Crippen molar-refractivity contribution in [3.8, 4) is 0 Å². The van der Waals surface area contributed by atoms with Crippen LogP contribution in [0.1, 0.15) is 36.8 Å². The van der Waals surface area contributed by atoms with Crippen molar-refractivity contribution in [2.75, 3.05) is 0 Å². The fraction of sp³-hybridized carbons (Fsp3) is 0.571. The highest BCUT2D eigenvalue weighted by molar-refractivity contribution is 5.24. The summed E-state index contributed by atoms with van der Waals surface area (Å²) in [6.07, 6.45) is -0.145. The summed E-state index contributed by atoms with van der Waals surface area (Å²) in [6, 6.07) is 5.12. The molecule has 1 fully saturated rings. The van der Waals surface area contributed by atoms with Gasteiger partial charge in [-0.3, -0.25) is 0 Å². The van der Waals surface area contributed by atoms with Crippen LogP contribution in [0.15, 0.2) is 24.3 Å². The molecular formula is C14H18F3NO. The van der Waals surface area contributed by atoms with E-state index in [2.05, 4.69) is 0 Å². The summed E-state index contributed by atoms with van der Waals surface area (Å²) in [5.74, 6) is 0. The summed E-state index contributed by atoms with van der Waals surface area (Å²) in [5.41, 5.74) is 6.06. The molecule has 1 aromatic carbocycles. The van der Waals surface area contributed by atoms with Crippen LogP contribution in [0, 0.1) is 0 Å². The fourth-order valence-electron chi connectivity index (χ4n) is 2.33. The second kappa shape index (κ2) is 5.92. The summed E-state index contributed by atoms with van der Waals surface area (Å²) in [6.45, 7) is 0.316. The molecule has 1 aliphatic carbocycles. The van der Waals surface area contributed by atoms with Gasteiger partial charge in [0.15, 0.2) is 0 Å². The molecule has 19 heavy (non-hydrogen) atoms. The third-order valence-electron chi connectivity index (χ3n) is 3.50. The van der Waals surface area contributed by atoms with Gasteiger partial charge < -0.3 is 10.5 Å². The number of alkyl halides is 3. The third-order valence-corrected chi connectivity index (χ3v) is 3.50. The summed E-state index contributed by atoms with van der Waals surface area (Å²) in [5, 5.41) is 0. The first-order valence-electron chi connectivity index (χ1n) is 6.50.